The van der Waals surface area contributed by atoms with Crippen molar-refractivity contribution in [3.8, 4) is 0 Å². The van der Waals surface area contributed by atoms with Crippen molar-refractivity contribution in [1.82, 2.24) is 9.78 Å². The largest absolute Gasteiger partial charge is 0.416 e. The SMILES string of the molecule is CC(C)c1nn(C)cc1CNc1ccc(C(F)(F)F)cc1. The molecule has 0 aliphatic carbocycles. The second-order valence-electron chi connectivity index (χ2n) is 5.30. The molecular formula is C15H18F3N3. The maximum absolute atomic E-state index is 12.5. The van der Waals surface area contributed by atoms with Crippen LogP contribution in [0.2, 0.25) is 0 Å². The highest BCUT2D eigenvalue weighted by molar-refractivity contribution is 5.46. The summed E-state index contributed by atoms with van der Waals surface area (Å²) in [5.74, 6) is 0.301. The van der Waals surface area contributed by atoms with Crippen LogP contribution < -0.4 is 5.32 Å². The van der Waals surface area contributed by atoms with Crippen LogP contribution in [0.3, 0.4) is 0 Å². The number of nitrogens with zero attached hydrogens (tertiary/aromatic N) is 2. The van der Waals surface area contributed by atoms with E-state index in [1.807, 2.05) is 13.2 Å². The molecule has 6 heteroatoms. The van der Waals surface area contributed by atoms with Gasteiger partial charge in [0.05, 0.1) is 11.3 Å². The Morgan fingerprint density at radius 3 is 2.33 bits per heavy atom. The number of alkyl halides is 3. The highest BCUT2D eigenvalue weighted by Gasteiger charge is 2.29. The van der Waals surface area contributed by atoms with E-state index in [0.29, 0.717) is 18.2 Å². The van der Waals surface area contributed by atoms with E-state index in [-0.39, 0.29) is 0 Å². The smallest absolute Gasteiger partial charge is 0.381 e. The van der Waals surface area contributed by atoms with Gasteiger partial charge in [-0.05, 0) is 30.2 Å². The summed E-state index contributed by atoms with van der Waals surface area (Å²) in [6, 6.07) is 5.03. The lowest BCUT2D eigenvalue weighted by Crippen LogP contribution is -2.06. The molecule has 1 aromatic carbocycles. The first kappa shape index (κ1) is 15.4. The van der Waals surface area contributed by atoms with E-state index in [2.05, 4.69) is 24.3 Å². The summed E-state index contributed by atoms with van der Waals surface area (Å²) in [6.45, 7) is 4.65. The first-order valence-corrected chi connectivity index (χ1v) is 6.71. The molecule has 0 amide bonds. The van der Waals surface area contributed by atoms with E-state index in [1.165, 1.54) is 12.1 Å². The van der Waals surface area contributed by atoms with Crippen LogP contribution in [0.25, 0.3) is 0 Å². The van der Waals surface area contributed by atoms with Crippen LogP contribution in [-0.4, -0.2) is 9.78 Å². The number of hydrogen-bond donors (Lipinski definition) is 1. The Labute approximate surface area is 121 Å². The van der Waals surface area contributed by atoms with Crippen molar-refractivity contribution >= 4 is 5.69 Å². The fraction of sp³-hybridized carbons (Fsp3) is 0.400. The molecule has 0 bridgehead atoms. The van der Waals surface area contributed by atoms with E-state index in [9.17, 15) is 13.2 Å². The third-order valence-corrected chi connectivity index (χ3v) is 3.18. The van der Waals surface area contributed by atoms with Crippen LogP contribution in [0.1, 0.15) is 36.6 Å². The molecule has 0 aliphatic rings. The lowest BCUT2D eigenvalue weighted by Gasteiger charge is -2.10. The Hall–Kier alpha value is -1.98. The van der Waals surface area contributed by atoms with Crippen molar-refractivity contribution in [3.63, 3.8) is 0 Å². The van der Waals surface area contributed by atoms with Crippen LogP contribution >= 0.6 is 0 Å². The molecule has 0 atom stereocenters. The van der Waals surface area contributed by atoms with Crippen LogP contribution in [0, 0.1) is 0 Å². The first-order valence-electron chi connectivity index (χ1n) is 6.71. The van der Waals surface area contributed by atoms with Gasteiger partial charge in [-0.1, -0.05) is 13.8 Å². The zero-order valence-electron chi connectivity index (χ0n) is 12.2. The molecule has 0 saturated carbocycles. The molecule has 1 heterocycles. The van der Waals surface area contributed by atoms with E-state index >= 15 is 0 Å². The third-order valence-electron chi connectivity index (χ3n) is 3.18. The number of hydrogen-bond acceptors (Lipinski definition) is 2. The number of nitrogens with one attached hydrogen (secondary N) is 1. The zero-order valence-corrected chi connectivity index (χ0v) is 12.2. The molecule has 0 saturated heterocycles. The zero-order chi connectivity index (χ0) is 15.6. The minimum Gasteiger partial charge on any atom is -0.381 e. The quantitative estimate of drug-likeness (QED) is 0.917. The summed E-state index contributed by atoms with van der Waals surface area (Å²) in [5, 5.41) is 7.52. The minimum atomic E-state index is -4.30. The van der Waals surface area contributed by atoms with Gasteiger partial charge >= 0.3 is 6.18 Å². The molecule has 3 nitrogen and oxygen atoms in total. The van der Waals surface area contributed by atoms with Crippen molar-refractivity contribution in [2.75, 3.05) is 5.32 Å². The van der Waals surface area contributed by atoms with Gasteiger partial charge in [-0.2, -0.15) is 18.3 Å². The van der Waals surface area contributed by atoms with Gasteiger partial charge in [0.15, 0.2) is 0 Å². The van der Waals surface area contributed by atoms with Crippen LogP contribution in [0.5, 0.6) is 0 Å². The van der Waals surface area contributed by atoms with Gasteiger partial charge in [-0.15, -0.1) is 0 Å². The Balaban J connectivity index is 2.07. The average Bonchev–Trinajstić information content (AvgIpc) is 2.77. The van der Waals surface area contributed by atoms with E-state index in [1.54, 1.807) is 4.68 Å². The van der Waals surface area contributed by atoms with Crippen LogP contribution in [0.15, 0.2) is 30.5 Å². The van der Waals surface area contributed by atoms with Gasteiger partial charge in [0.1, 0.15) is 0 Å². The number of anilines is 1. The van der Waals surface area contributed by atoms with Gasteiger partial charge in [-0.3, -0.25) is 4.68 Å². The molecule has 2 rings (SSSR count). The molecule has 1 aromatic heterocycles. The molecule has 2 aromatic rings. The van der Waals surface area contributed by atoms with Crippen LogP contribution in [0.4, 0.5) is 18.9 Å². The summed E-state index contributed by atoms with van der Waals surface area (Å²) in [6.07, 6.45) is -2.38. The standard InChI is InChI=1S/C15H18F3N3/c1-10(2)14-11(9-21(3)20-14)8-19-13-6-4-12(5-7-13)15(16,17)18/h4-7,9-10,19H,8H2,1-3H3. The average molecular weight is 297 g/mol. The first-order chi connectivity index (χ1) is 9.77. The van der Waals surface area contributed by atoms with E-state index < -0.39 is 11.7 Å². The lowest BCUT2D eigenvalue weighted by atomic mass is 10.1. The highest BCUT2D eigenvalue weighted by Crippen LogP contribution is 2.30. The number of benzene rings is 1. The fourth-order valence-electron chi connectivity index (χ4n) is 2.15. The Morgan fingerprint density at radius 1 is 1.19 bits per heavy atom. The molecule has 114 valence electrons. The van der Waals surface area contributed by atoms with Crippen molar-refractivity contribution in [3.05, 3.63) is 47.3 Å². The maximum Gasteiger partial charge on any atom is 0.416 e. The molecule has 0 radical (unpaired) electrons. The van der Waals surface area contributed by atoms with E-state index in [4.69, 9.17) is 0 Å². The topological polar surface area (TPSA) is 29.9 Å². The van der Waals surface area contributed by atoms with Crippen molar-refractivity contribution in [2.24, 2.45) is 7.05 Å². The Kier molecular flexibility index (Phi) is 4.25. The molecule has 0 unspecified atom stereocenters. The maximum atomic E-state index is 12.5. The van der Waals surface area contributed by atoms with Crippen molar-refractivity contribution in [2.45, 2.75) is 32.5 Å². The monoisotopic (exact) mass is 297 g/mol. The van der Waals surface area contributed by atoms with E-state index in [0.717, 1.165) is 23.4 Å². The molecule has 0 spiro atoms. The molecule has 0 aliphatic heterocycles. The van der Waals surface area contributed by atoms with Crippen molar-refractivity contribution in [1.29, 1.82) is 0 Å². The number of rotatable bonds is 4. The predicted octanol–water partition coefficient (Wildman–Crippen LogP) is 4.17. The second kappa shape index (κ2) is 5.79. The molecular weight excluding hydrogens is 279 g/mol. The number of aromatic nitrogens is 2. The fourth-order valence-corrected chi connectivity index (χ4v) is 2.15. The van der Waals surface area contributed by atoms with Gasteiger partial charge in [-0.25, -0.2) is 0 Å². The molecule has 1 N–H and O–H groups in total. The molecule has 0 fully saturated rings. The van der Waals surface area contributed by atoms with Gasteiger partial charge in [0, 0.05) is 31.0 Å². The second-order valence-corrected chi connectivity index (χ2v) is 5.30. The Morgan fingerprint density at radius 2 is 1.81 bits per heavy atom. The van der Waals surface area contributed by atoms with Crippen molar-refractivity contribution < 1.29 is 13.2 Å². The minimum absolute atomic E-state index is 0.301. The van der Waals surface area contributed by atoms with Gasteiger partial charge in [0.2, 0.25) is 0 Å². The third kappa shape index (κ3) is 3.77. The summed E-state index contributed by atoms with van der Waals surface area (Å²) in [5.41, 5.74) is 2.06. The predicted molar refractivity (Wildman–Crippen MR) is 76.1 cm³/mol. The number of aryl methyl sites for hydroxylation is 1. The summed E-state index contributed by atoms with van der Waals surface area (Å²) in [7, 11) is 1.85. The normalized spacial score (nSPS) is 12.0. The van der Waals surface area contributed by atoms with Gasteiger partial charge in [0.25, 0.3) is 0 Å². The lowest BCUT2D eigenvalue weighted by molar-refractivity contribution is -0.137. The van der Waals surface area contributed by atoms with Gasteiger partial charge < -0.3 is 5.32 Å². The summed E-state index contributed by atoms with van der Waals surface area (Å²) < 4.78 is 39.2. The van der Waals surface area contributed by atoms with Crippen LogP contribution in [-0.2, 0) is 19.8 Å². The summed E-state index contributed by atoms with van der Waals surface area (Å²) >= 11 is 0. The Bertz CT molecular complexity index is 598. The number of halogens is 3. The molecule has 21 heavy (non-hydrogen) atoms. The summed E-state index contributed by atoms with van der Waals surface area (Å²) in [4.78, 5) is 0. The highest BCUT2D eigenvalue weighted by atomic mass is 19.4.